The summed E-state index contributed by atoms with van der Waals surface area (Å²) >= 11 is 0. The van der Waals surface area contributed by atoms with E-state index >= 15 is 0 Å². The SMILES string of the molecule is Cc1ccc(OCCS(=O)CCCOc2ccc(C(=O)O)cc2)cc1. The summed E-state index contributed by atoms with van der Waals surface area (Å²) in [7, 11) is -0.949. The first-order chi connectivity index (χ1) is 12.0. The quantitative estimate of drug-likeness (QED) is 0.657. The van der Waals surface area contributed by atoms with Gasteiger partial charge in [0.2, 0.25) is 0 Å². The van der Waals surface area contributed by atoms with Crippen LogP contribution in [-0.4, -0.2) is 40.0 Å². The number of aromatic carboxylic acids is 1. The number of rotatable bonds is 10. The molecule has 6 heteroatoms. The maximum atomic E-state index is 11.9. The van der Waals surface area contributed by atoms with Crippen molar-refractivity contribution in [2.45, 2.75) is 13.3 Å². The minimum atomic E-state index is -0.963. The maximum Gasteiger partial charge on any atom is 0.335 e. The Morgan fingerprint density at radius 1 is 0.920 bits per heavy atom. The van der Waals surface area contributed by atoms with Crippen molar-refractivity contribution >= 4 is 16.8 Å². The van der Waals surface area contributed by atoms with Crippen LogP contribution < -0.4 is 9.47 Å². The Bertz CT molecular complexity index is 695. The highest BCUT2D eigenvalue weighted by Gasteiger charge is 2.04. The van der Waals surface area contributed by atoms with E-state index in [1.165, 1.54) is 17.7 Å². The number of hydrogen-bond acceptors (Lipinski definition) is 4. The number of hydrogen-bond donors (Lipinski definition) is 1. The standard InChI is InChI=1S/C19H22O5S/c1-15-3-7-17(8-4-15)24-12-14-25(22)13-2-11-23-18-9-5-16(6-10-18)19(20)21/h3-10H,2,11-14H2,1H3,(H,20,21). The Labute approximate surface area is 150 Å². The molecule has 0 saturated heterocycles. The molecule has 2 aromatic rings. The number of carbonyl (C=O) groups is 1. The van der Waals surface area contributed by atoms with Crippen molar-refractivity contribution in [3.63, 3.8) is 0 Å². The molecule has 0 amide bonds. The summed E-state index contributed by atoms with van der Waals surface area (Å²) in [5.41, 5.74) is 1.40. The van der Waals surface area contributed by atoms with Gasteiger partial charge in [0.1, 0.15) is 11.5 Å². The van der Waals surface area contributed by atoms with Gasteiger partial charge in [-0.05, 0) is 49.7 Å². The van der Waals surface area contributed by atoms with Crippen LogP contribution in [0, 0.1) is 6.92 Å². The fourth-order valence-electron chi connectivity index (χ4n) is 2.09. The minimum absolute atomic E-state index is 0.224. The van der Waals surface area contributed by atoms with E-state index in [4.69, 9.17) is 14.6 Å². The first-order valence-corrected chi connectivity index (χ1v) is 9.54. The number of aryl methyl sites for hydroxylation is 1. The van der Waals surface area contributed by atoms with Gasteiger partial charge in [-0.1, -0.05) is 17.7 Å². The summed E-state index contributed by atoms with van der Waals surface area (Å²) < 4.78 is 23.0. The van der Waals surface area contributed by atoms with Crippen molar-refractivity contribution in [3.8, 4) is 11.5 Å². The van der Waals surface area contributed by atoms with Gasteiger partial charge in [0.25, 0.3) is 0 Å². The average Bonchev–Trinajstić information content (AvgIpc) is 2.61. The number of ether oxygens (including phenoxy) is 2. The summed E-state index contributed by atoms with van der Waals surface area (Å²) in [6.07, 6.45) is 0.665. The maximum absolute atomic E-state index is 11.9. The third-order valence-electron chi connectivity index (χ3n) is 3.49. The van der Waals surface area contributed by atoms with Crippen LogP contribution in [0.2, 0.25) is 0 Å². The molecule has 5 nitrogen and oxygen atoms in total. The fraction of sp³-hybridized carbons (Fsp3) is 0.316. The Morgan fingerprint density at radius 3 is 2.08 bits per heavy atom. The normalized spacial score (nSPS) is 11.7. The molecule has 2 rings (SSSR count). The average molecular weight is 362 g/mol. The Kier molecular flexibility index (Phi) is 7.47. The largest absolute Gasteiger partial charge is 0.494 e. The monoisotopic (exact) mass is 362 g/mol. The Morgan fingerprint density at radius 2 is 1.48 bits per heavy atom. The van der Waals surface area contributed by atoms with Crippen LogP contribution in [0.4, 0.5) is 0 Å². The van der Waals surface area contributed by atoms with Gasteiger partial charge in [0.05, 0.1) is 24.5 Å². The van der Waals surface area contributed by atoms with Gasteiger partial charge >= 0.3 is 5.97 Å². The molecular formula is C19H22O5S. The Balaban J connectivity index is 1.58. The van der Waals surface area contributed by atoms with Crippen LogP contribution in [-0.2, 0) is 10.8 Å². The molecule has 1 N–H and O–H groups in total. The number of benzene rings is 2. The van der Waals surface area contributed by atoms with Crippen LogP contribution in [0.3, 0.4) is 0 Å². The molecule has 134 valence electrons. The zero-order chi connectivity index (χ0) is 18.1. The van der Waals surface area contributed by atoms with Crippen LogP contribution in [0.5, 0.6) is 11.5 Å². The molecule has 0 aliphatic heterocycles. The molecule has 0 saturated carbocycles. The van der Waals surface area contributed by atoms with Crippen LogP contribution in [0.25, 0.3) is 0 Å². The Hall–Kier alpha value is -2.34. The van der Waals surface area contributed by atoms with Crippen molar-refractivity contribution in [2.75, 3.05) is 24.7 Å². The molecule has 0 spiro atoms. The molecule has 2 aromatic carbocycles. The molecule has 1 atom stereocenters. The van der Waals surface area contributed by atoms with E-state index < -0.39 is 16.8 Å². The zero-order valence-electron chi connectivity index (χ0n) is 14.1. The van der Waals surface area contributed by atoms with Gasteiger partial charge in [-0.3, -0.25) is 4.21 Å². The zero-order valence-corrected chi connectivity index (χ0v) is 15.0. The van der Waals surface area contributed by atoms with Gasteiger partial charge in [-0.25, -0.2) is 4.79 Å². The van der Waals surface area contributed by atoms with E-state index in [2.05, 4.69) is 0 Å². The molecule has 1 unspecified atom stereocenters. The van der Waals surface area contributed by atoms with Crippen LogP contribution in [0.1, 0.15) is 22.3 Å². The van der Waals surface area contributed by atoms with E-state index in [0.29, 0.717) is 36.9 Å². The molecule has 25 heavy (non-hydrogen) atoms. The first kappa shape index (κ1) is 19.0. The molecular weight excluding hydrogens is 340 g/mol. The van der Waals surface area contributed by atoms with Crippen molar-refractivity contribution in [1.82, 2.24) is 0 Å². The van der Waals surface area contributed by atoms with Crippen molar-refractivity contribution < 1.29 is 23.6 Å². The lowest BCUT2D eigenvalue weighted by atomic mass is 10.2. The van der Waals surface area contributed by atoms with Crippen molar-refractivity contribution in [1.29, 1.82) is 0 Å². The van der Waals surface area contributed by atoms with Gasteiger partial charge in [-0.15, -0.1) is 0 Å². The van der Waals surface area contributed by atoms with Gasteiger partial charge in [-0.2, -0.15) is 0 Å². The second-order valence-corrected chi connectivity index (χ2v) is 7.24. The molecule has 0 aliphatic rings. The van der Waals surface area contributed by atoms with Gasteiger partial charge < -0.3 is 14.6 Å². The second-order valence-electron chi connectivity index (χ2n) is 5.54. The first-order valence-electron chi connectivity index (χ1n) is 8.05. The molecule has 0 fully saturated rings. The van der Waals surface area contributed by atoms with Crippen LogP contribution >= 0.6 is 0 Å². The molecule has 0 heterocycles. The summed E-state index contributed by atoms with van der Waals surface area (Å²) in [6, 6.07) is 14.0. The predicted octanol–water partition coefficient (Wildman–Crippen LogP) is 3.29. The summed E-state index contributed by atoms with van der Waals surface area (Å²) in [5, 5.41) is 8.82. The highest BCUT2D eigenvalue weighted by Crippen LogP contribution is 2.13. The van der Waals surface area contributed by atoms with Gasteiger partial charge in [0.15, 0.2) is 0 Å². The highest BCUT2D eigenvalue weighted by atomic mass is 32.2. The molecule has 0 aliphatic carbocycles. The molecule has 0 radical (unpaired) electrons. The fourth-order valence-corrected chi connectivity index (χ4v) is 3.01. The lowest BCUT2D eigenvalue weighted by molar-refractivity contribution is 0.0697. The molecule has 0 bridgehead atoms. The van der Waals surface area contributed by atoms with Crippen molar-refractivity contribution in [2.24, 2.45) is 0 Å². The molecule has 0 aromatic heterocycles. The van der Waals surface area contributed by atoms with E-state index in [1.807, 2.05) is 31.2 Å². The van der Waals surface area contributed by atoms with E-state index in [0.717, 1.165) is 5.75 Å². The smallest absolute Gasteiger partial charge is 0.335 e. The summed E-state index contributed by atoms with van der Waals surface area (Å²) in [6.45, 7) is 2.88. The third kappa shape index (κ3) is 6.97. The predicted molar refractivity (Wildman–Crippen MR) is 98.1 cm³/mol. The number of carboxylic acid groups (broad SMARTS) is 1. The lowest BCUT2D eigenvalue weighted by Crippen LogP contribution is -2.13. The minimum Gasteiger partial charge on any atom is -0.494 e. The third-order valence-corrected chi connectivity index (χ3v) is 4.85. The highest BCUT2D eigenvalue weighted by molar-refractivity contribution is 7.84. The summed E-state index contributed by atoms with van der Waals surface area (Å²) in [5.74, 6) is 1.47. The second kappa shape index (κ2) is 9.84. The van der Waals surface area contributed by atoms with Crippen LogP contribution in [0.15, 0.2) is 48.5 Å². The van der Waals surface area contributed by atoms with E-state index in [9.17, 15) is 9.00 Å². The van der Waals surface area contributed by atoms with E-state index in [1.54, 1.807) is 12.1 Å². The number of carboxylic acids is 1. The topological polar surface area (TPSA) is 72.8 Å². The van der Waals surface area contributed by atoms with Crippen molar-refractivity contribution in [3.05, 3.63) is 59.7 Å². The lowest BCUT2D eigenvalue weighted by Gasteiger charge is -2.08. The summed E-state index contributed by atoms with van der Waals surface area (Å²) in [4.78, 5) is 10.8. The van der Waals surface area contributed by atoms with E-state index in [-0.39, 0.29) is 5.56 Å². The van der Waals surface area contributed by atoms with Gasteiger partial charge in [0, 0.05) is 16.6 Å².